The molecule has 0 unspecified atom stereocenters. The summed E-state index contributed by atoms with van der Waals surface area (Å²) in [5.74, 6) is -0.290. The Labute approximate surface area is 187 Å². The van der Waals surface area contributed by atoms with E-state index in [1.807, 2.05) is 37.3 Å². The second-order valence-corrected chi connectivity index (χ2v) is 8.83. The summed E-state index contributed by atoms with van der Waals surface area (Å²) in [6, 6.07) is 19.8. The Morgan fingerprint density at radius 3 is 2.22 bits per heavy atom. The molecule has 32 heavy (non-hydrogen) atoms. The first-order valence-corrected chi connectivity index (χ1v) is 11.7. The molecule has 3 aromatic carbocycles. The van der Waals surface area contributed by atoms with Crippen LogP contribution < -0.4 is 14.8 Å². The van der Waals surface area contributed by atoms with Crippen molar-refractivity contribution in [3.05, 3.63) is 95.8 Å². The summed E-state index contributed by atoms with van der Waals surface area (Å²) < 4.78 is 46.9. The van der Waals surface area contributed by atoms with Gasteiger partial charge in [-0.05, 0) is 60.9 Å². The van der Waals surface area contributed by atoms with E-state index in [0.29, 0.717) is 17.9 Å². The highest BCUT2D eigenvalue weighted by Crippen LogP contribution is 2.17. The van der Waals surface area contributed by atoms with Crippen LogP contribution in [0.4, 0.5) is 4.39 Å². The zero-order valence-corrected chi connectivity index (χ0v) is 18.4. The van der Waals surface area contributed by atoms with E-state index in [1.165, 1.54) is 24.3 Å². The van der Waals surface area contributed by atoms with E-state index in [4.69, 9.17) is 4.74 Å². The molecule has 0 aliphatic rings. The Morgan fingerprint density at radius 2 is 1.59 bits per heavy atom. The van der Waals surface area contributed by atoms with Crippen molar-refractivity contribution < 1.29 is 22.3 Å². The number of carbonyl (C=O) groups excluding carboxylic acids is 1. The van der Waals surface area contributed by atoms with Crippen LogP contribution in [-0.2, 0) is 27.8 Å². The molecule has 0 aliphatic carbocycles. The van der Waals surface area contributed by atoms with Gasteiger partial charge in [-0.2, -0.15) is 4.72 Å². The molecule has 0 saturated carbocycles. The van der Waals surface area contributed by atoms with Gasteiger partial charge in [0.25, 0.3) is 0 Å². The molecule has 0 spiro atoms. The molecule has 0 bridgehead atoms. The highest BCUT2D eigenvalue weighted by Gasteiger charge is 2.26. The van der Waals surface area contributed by atoms with Crippen LogP contribution in [0.3, 0.4) is 0 Å². The first-order valence-electron chi connectivity index (χ1n) is 10.2. The van der Waals surface area contributed by atoms with E-state index in [2.05, 4.69) is 10.0 Å². The molecular weight excluding hydrogens is 431 g/mol. The Bertz CT molecular complexity index is 1120. The second kappa shape index (κ2) is 10.9. The number of hydrogen-bond donors (Lipinski definition) is 2. The molecule has 0 heterocycles. The zero-order chi connectivity index (χ0) is 23.0. The third-order valence-corrected chi connectivity index (χ3v) is 6.21. The number of rotatable bonds is 10. The maximum atomic E-state index is 13.1. The highest BCUT2D eigenvalue weighted by molar-refractivity contribution is 7.89. The van der Waals surface area contributed by atoms with Gasteiger partial charge in [0.1, 0.15) is 17.6 Å². The van der Waals surface area contributed by atoms with Crippen molar-refractivity contribution in [1.82, 2.24) is 10.0 Å². The number of nitrogens with one attached hydrogen (secondary N) is 2. The molecule has 168 valence electrons. The quantitative estimate of drug-likeness (QED) is 0.490. The highest BCUT2D eigenvalue weighted by atomic mass is 32.2. The van der Waals surface area contributed by atoms with Crippen molar-refractivity contribution in [2.24, 2.45) is 0 Å². The summed E-state index contributed by atoms with van der Waals surface area (Å²) in [4.78, 5) is 12.9. The Morgan fingerprint density at radius 1 is 0.938 bits per heavy atom. The largest absolute Gasteiger partial charge is 0.494 e. The lowest BCUT2D eigenvalue weighted by Crippen LogP contribution is -2.47. The topological polar surface area (TPSA) is 84.5 Å². The Kier molecular flexibility index (Phi) is 7.97. The van der Waals surface area contributed by atoms with Crippen molar-refractivity contribution in [2.45, 2.75) is 30.8 Å². The predicted octanol–water partition coefficient (Wildman–Crippen LogP) is 3.43. The van der Waals surface area contributed by atoms with E-state index < -0.39 is 22.0 Å². The van der Waals surface area contributed by atoms with Crippen molar-refractivity contribution in [3.8, 4) is 5.75 Å². The van der Waals surface area contributed by atoms with Crippen molar-refractivity contribution in [1.29, 1.82) is 0 Å². The molecule has 8 heteroatoms. The minimum absolute atomic E-state index is 0.0327. The fourth-order valence-corrected chi connectivity index (χ4v) is 4.28. The van der Waals surface area contributed by atoms with Crippen LogP contribution in [0.5, 0.6) is 5.75 Å². The van der Waals surface area contributed by atoms with Crippen LogP contribution in [0.25, 0.3) is 0 Å². The molecule has 0 aliphatic heterocycles. The summed E-state index contributed by atoms with van der Waals surface area (Å²) >= 11 is 0. The van der Waals surface area contributed by atoms with Crippen molar-refractivity contribution in [3.63, 3.8) is 0 Å². The second-order valence-electron chi connectivity index (χ2n) is 7.11. The molecule has 1 amide bonds. The number of hydrogen-bond acceptors (Lipinski definition) is 4. The predicted molar refractivity (Wildman–Crippen MR) is 120 cm³/mol. The van der Waals surface area contributed by atoms with Crippen LogP contribution in [-0.4, -0.2) is 27.0 Å². The molecule has 0 radical (unpaired) electrons. The van der Waals surface area contributed by atoms with Crippen LogP contribution in [0, 0.1) is 5.82 Å². The average Bonchev–Trinajstić information content (AvgIpc) is 2.79. The fraction of sp³-hybridized carbons (Fsp3) is 0.208. The first-order chi connectivity index (χ1) is 15.4. The van der Waals surface area contributed by atoms with Gasteiger partial charge in [-0.3, -0.25) is 4.79 Å². The maximum absolute atomic E-state index is 13.1. The number of benzene rings is 3. The van der Waals surface area contributed by atoms with Crippen LogP contribution in [0.15, 0.2) is 83.8 Å². The van der Waals surface area contributed by atoms with E-state index in [1.54, 1.807) is 24.3 Å². The normalized spacial score (nSPS) is 12.2. The van der Waals surface area contributed by atoms with E-state index in [9.17, 15) is 17.6 Å². The van der Waals surface area contributed by atoms with Gasteiger partial charge in [-0.25, -0.2) is 12.8 Å². The molecule has 3 rings (SSSR count). The lowest BCUT2D eigenvalue weighted by atomic mass is 10.1. The fourth-order valence-electron chi connectivity index (χ4n) is 3.09. The molecular formula is C24H25FN2O4S. The number of amides is 1. The first kappa shape index (κ1) is 23.4. The lowest BCUT2D eigenvalue weighted by Gasteiger charge is -2.19. The molecule has 0 aromatic heterocycles. The minimum atomic E-state index is -3.96. The molecule has 0 fully saturated rings. The standard InChI is InChI=1S/C24H25FN2O4S/c1-2-31-21-12-14-22(15-13-21)32(29,30)27-23(16-18-6-4-3-5-7-18)24(28)26-17-19-8-10-20(25)11-9-19/h3-15,23,27H,2,16-17H2,1H3,(H,26,28)/t23-/m0/s1. The van der Waals surface area contributed by atoms with Crippen molar-refractivity contribution in [2.75, 3.05) is 6.61 Å². The molecule has 0 saturated heterocycles. The van der Waals surface area contributed by atoms with Crippen LogP contribution >= 0.6 is 0 Å². The minimum Gasteiger partial charge on any atom is -0.494 e. The van der Waals surface area contributed by atoms with Gasteiger partial charge in [0.2, 0.25) is 15.9 Å². The van der Waals surface area contributed by atoms with Gasteiger partial charge in [-0.1, -0.05) is 42.5 Å². The van der Waals surface area contributed by atoms with Gasteiger partial charge in [-0.15, -0.1) is 0 Å². The molecule has 2 N–H and O–H groups in total. The summed E-state index contributed by atoms with van der Waals surface area (Å²) in [5, 5.41) is 2.73. The van der Waals surface area contributed by atoms with Gasteiger partial charge in [0.15, 0.2) is 0 Å². The van der Waals surface area contributed by atoms with Gasteiger partial charge >= 0.3 is 0 Å². The summed E-state index contributed by atoms with van der Waals surface area (Å²) in [5.41, 5.74) is 1.51. The van der Waals surface area contributed by atoms with Crippen LogP contribution in [0.1, 0.15) is 18.1 Å². The van der Waals surface area contributed by atoms with Gasteiger partial charge in [0.05, 0.1) is 11.5 Å². The van der Waals surface area contributed by atoms with E-state index >= 15 is 0 Å². The molecule has 6 nitrogen and oxygen atoms in total. The zero-order valence-electron chi connectivity index (χ0n) is 17.6. The number of halogens is 1. The number of carbonyl (C=O) groups is 1. The van der Waals surface area contributed by atoms with Crippen molar-refractivity contribution >= 4 is 15.9 Å². The maximum Gasteiger partial charge on any atom is 0.241 e. The van der Waals surface area contributed by atoms with Crippen LogP contribution in [0.2, 0.25) is 0 Å². The number of ether oxygens (including phenoxy) is 1. The van der Waals surface area contributed by atoms with E-state index in [0.717, 1.165) is 5.56 Å². The summed E-state index contributed by atoms with van der Waals surface area (Å²) in [7, 11) is -3.96. The number of sulfonamides is 1. The third-order valence-electron chi connectivity index (χ3n) is 4.72. The Balaban J connectivity index is 1.76. The average molecular weight is 457 g/mol. The molecule has 3 aromatic rings. The lowest BCUT2D eigenvalue weighted by molar-refractivity contribution is -0.122. The van der Waals surface area contributed by atoms with Gasteiger partial charge in [0, 0.05) is 6.54 Å². The SMILES string of the molecule is CCOc1ccc(S(=O)(=O)N[C@@H](Cc2ccccc2)C(=O)NCc2ccc(F)cc2)cc1. The van der Waals surface area contributed by atoms with E-state index in [-0.39, 0.29) is 23.7 Å². The Hall–Kier alpha value is -3.23. The summed E-state index contributed by atoms with van der Waals surface area (Å²) in [6.45, 7) is 2.46. The molecule has 1 atom stereocenters. The summed E-state index contributed by atoms with van der Waals surface area (Å²) in [6.07, 6.45) is 0.173. The monoisotopic (exact) mass is 456 g/mol. The smallest absolute Gasteiger partial charge is 0.241 e. The third kappa shape index (κ3) is 6.63. The van der Waals surface area contributed by atoms with Gasteiger partial charge < -0.3 is 10.1 Å².